The van der Waals surface area contributed by atoms with Crippen molar-refractivity contribution in [3.8, 4) is 0 Å². The SMILES string of the molecule is CCCC(CN)(CCC)C(=O)N(C)CC(C)C. The maximum atomic E-state index is 12.6. The zero-order valence-corrected chi connectivity index (χ0v) is 12.3. The fourth-order valence-corrected chi connectivity index (χ4v) is 2.62. The minimum atomic E-state index is -0.326. The van der Waals surface area contributed by atoms with E-state index in [4.69, 9.17) is 5.73 Å². The Morgan fingerprint density at radius 3 is 2.00 bits per heavy atom. The number of rotatable bonds is 8. The Morgan fingerprint density at radius 2 is 1.71 bits per heavy atom. The van der Waals surface area contributed by atoms with Gasteiger partial charge in [0.25, 0.3) is 0 Å². The van der Waals surface area contributed by atoms with Crippen LogP contribution in [0.25, 0.3) is 0 Å². The minimum Gasteiger partial charge on any atom is -0.345 e. The normalized spacial score (nSPS) is 11.9. The molecule has 0 aromatic carbocycles. The minimum absolute atomic E-state index is 0.234. The van der Waals surface area contributed by atoms with Gasteiger partial charge in [0.15, 0.2) is 0 Å². The van der Waals surface area contributed by atoms with E-state index in [1.807, 2.05) is 11.9 Å². The Kier molecular flexibility index (Phi) is 7.44. The molecular formula is C14H30N2O. The predicted molar refractivity (Wildman–Crippen MR) is 73.8 cm³/mol. The predicted octanol–water partition coefficient (Wildman–Crippen LogP) is 2.65. The van der Waals surface area contributed by atoms with Gasteiger partial charge in [-0.3, -0.25) is 4.79 Å². The number of carbonyl (C=O) groups is 1. The summed E-state index contributed by atoms with van der Waals surface area (Å²) in [4.78, 5) is 14.4. The van der Waals surface area contributed by atoms with E-state index < -0.39 is 0 Å². The molecule has 0 aromatic heterocycles. The van der Waals surface area contributed by atoms with E-state index in [2.05, 4.69) is 27.7 Å². The molecule has 102 valence electrons. The number of nitrogens with zero attached hydrogens (tertiary/aromatic N) is 1. The van der Waals surface area contributed by atoms with Crippen LogP contribution in [0.15, 0.2) is 0 Å². The Hall–Kier alpha value is -0.570. The van der Waals surface area contributed by atoms with Crippen LogP contribution in [-0.2, 0) is 4.79 Å². The van der Waals surface area contributed by atoms with Gasteiger partial charge in [-0.1, -0.05) is 40.5 Å². The average Bonchev–Trinajstić information content (AvgIpc) is 2.26. The fourth-order valence-electron chi connectivity index (χ4n) is 2.62. The Labute approximate surface area is 107 Å². The van der Waals surface area contributed by atoms with Crippen molar-refractivity contribution in [3.05, 3.63) is 0 Å². The quantitative estimate of drug-likeness (QED) is 0.711. The first-order valence-corrected chi connectivity index (χ1v) is 6.89. The molecule has 2 N–H and O–H groups in total. The summed E-state index contributed by atoms with van der Waals surface area (Å²) in [5.74, 6) is 0.736. The summed E-state index contributed by atoms with van der Waals surface area (Å²) in [7, 11) is 1.90. The lowest BCUT2D eigenvalue weighted by atomic mass is 9.78. The fraction of sp³-hybridized carbons (Fsp3) is 0.929. The van der Waals surface area contributed by atoms with Crippen molar-refractivity contribution in [2.75, 3.05) is 20.1 Å². The molecule has 0 aliphatic rings. The van der Waals surface area contributed by atoms with Gasteiger partial charge in [0.1, 0.15) is 0 Å². The summed E-state index contributed by atoms with van der Waals surface area (Å²) >= 11 is 0. The van der Waals surface area contributed by atoms with Crippen LogP contribution in [0, 0.1) is 11.3 Å². The second-order valence-corrected chi connectivity index (χ2v) is 5.56. The molecule has 17 heavy (non-hydrogen) atoms. The highest BCUT2D eigenvalue weighted by Crippen LogP contribution is 2.31. The van der Waals surface area contributed by atoms with E-state index >= 15 is 0 Å². The van der Waals surface area contributed by atoms with Crippen LogP contribution < -0.4 is 5.73 Å². The maximum absolute atomic E-state index is 12.6. The topological polar surface area (TPSA) is 46.3 Å². The van der Waals surface area contributed by atoms with E-state index in [1.54, 1.807) is 0 Å². The van der Waals surface area contributed by atoms with Gasteiger partial charge >= 0.3 is 0 Å². The second kappa shape index (κ2) is 7.70. The van der Waals surface area contributed by atoms with Crippen molar-refractivity contribution in [2.24, 2.45) is 17.1 Å². The molecule has 1 amide bonds. The molecule has 0 aliphatic heterocycles. The Bertz CT molecular complexity index is 220. The molecule has 0 heterocycles. The van der Waals surface area contributed by atoms with E-state index in [1.165, 1.54) is 0 Å². The third kappa shape index (κ3) is 4.66. The molecule has 0 aliphatic carbocycles. The Balaban J connectivity index is 4.83. The molecule has 0 radical (unpaired) electrons. The van der Waals surface area contributed by atoms with E-state index in [0.717, 1.165) is 32.2 Å². The first-order valence-electron chi connectivity index (χ1n) is 6.89. The molecule has 0 spiro atoms. The van der Waals surface area contributed by atoms with Crippen LogP contribution in [0.4, 0.5) is 0 Å². The van der Waals surface area contributed by atoms with Gasteiger partial charge in [0.05, 0.1) is 5.41 Å². The van der Waals surface area contributed by atoms with Crippen molar-refractivity contribution >= 4 is 5.91 Å². The van der Waals surface area contributed by atoms with Crippen LogP contribution in [0.5, 0.6) is 0 Å². The molecule has 0 bridgehead atoms. The second-order valence-electron chi connectivity index (χ2n) is 5.56. The van der Waals surface area contributed by atoms with E-state index in [-0.39, 0.29) is 11.3 Å². The number of hydrogen-bond donors (Lipinski definition) is 1. The lowest BCUT2D eigenvalue weighted by Crippen LogP contribution is -2.47. The highest BCUT2D eigenvalue weighted by molar-refractivity contribution is 5.82. The van der Waals surface area contributed by atoms with Gasteiger partial charge in [-0.05, 0) is 18.8 Å². The summed E-state index contributed by atoms with van der Waals surface area (Å²) in [5.41, 5.74) is 5.58. The highest BCUT2D eigenvalue weighted by Gasteiger charge is 2.37. The molecule has 0 atom stereocenters. The van der Waals surface area contributed by atoms with Gasteiger partial charge in [-0.2, -0.15) is 0 Å². The van der Waals surface area contributed by atoms with Crippen molar-refractivity contribution < 1.29 is 4.79 Å². The van der Waals surface area contributed by atoms with Crippen LogP contribution in [0.3, 0.4) is 0 Å². The number of carbonyl (C=O) groups excluding carboxylic acids is 1. The monoisotopic (exact) mass is 242 g/mol. The molecule has 0 rings (SSSR count). The summed E-state index contributed by atoms with van der Waals surface area (Å²) in [6.07, 6.45) is 3.83. The van der Waals surface area contributed by atoms with Crippen LogP contribution >= 0.6 is 0 Å². The van der Waals surface area contributed by atoms with Crippen molar-refractivity contribution in [1.82, 2.24) is 4.90 Å². The van der Waals surface area contributed by atoms with Crippen LogP contribution in [0.2, 0.25) is 0 Å². The van der Waals surface area contributed by atoms with Gasteiger partial charge < -0.3 is 10.6 Å². The lowest BCUT2D eigenvalue weighted by Gasteiger charge is -2.35. The van der Waals surface area contributed by atoms with Crippen LogP contribution in [0.1, 0.15) is 53.4 Å². The van der Waals surface area contributed by atoms with Crippen LogP contribution in [-0.4, -0.2) is 30.9 Å². The number of amides is 1. The zero-order valence-electron chi connectivity index (χ0n) is 12.3. The third-order valence-electron chi connectivity index (χ3n) is 3.29. The van der Waals surface area contributed by atoms with Crippen molar-refractivity contribution in [3.63, 3.8) is 0 Å². The number of nitrogens with two attached hydrogens (primary N) is 1. The van der Waals surface area contributed by atoms with E-state index in [0.29, 0.717) is 12.5 Å². The maximum Gasteiger partial charge on any atom is 0.229 e. The molecule has 0 saturated carbocycles. The largest absolute Gasteiger partial charge is 0.345 e. The van der Waals surface area contributed by atoms with Crippen molar-refractivity contribution in [1.29, 1.82) is 0 Å². The summed E-state index contributed by atoms with van der Waals surface area (Å²) < 4.78 is 0. The van der Waals surface area contributed by atoms with Crippen molar-refractivity contribution in [2.45, 2.75) is 53.4 Å². The first-order chi connectivity index (χ1) is 7.93. The average molecular weight is 242 g/mol. The molecular weight excluding hydrogens is 212 g/mol. The molecule has 0 unspecified atom stereocenters. The molecule has 0 saturated heterocycles. The molecule has 0 aromatic rings. The zero-order chi connectivity index (χ0) is 13.5. The highest BCUT2D eigenvalue weighted by atomic mass is 16.2. The summed E-state index contributed by atoms with van der Waals surface area (Å²) in [6, 6.07) is 0. The van der Waals surface area contributed by atoms with E-state index in [9.17, 15) is 4.79 Å². The molecule has 3 nitrogen and oxygen atoms in total. The van der Waals surface area contributed by atoms with Gasteiger partial charge in [-0.25, -0.2) is 0 Å². The van der Waals surface area contributed by atoms with Gasteiger partial charge in [-0.15, -0.1) is 0 Å². The first kappa shape index (κ1) is 16.4. The van der Waals surface area contributed by atoms with Gasteiger partial charge in [0, 0.05) is 20.1 Å². The summed E-state index contributed by atoms with van der Waals surface area (Å²) in [6.45, 7) is 9.79. The Morgan fingerprint density at radius 1 is 1.24 bits per heavy atom. The smallest absolute Gasteiger partial charge is 0.229 e. The van der Waals surface area contributed by atoms with Gasteiger partial charge in [0.2, 0.25) is 5.91 Å². The third-order valence-corrected chi connectivity index (χ3v) is 3.29. The lowest BCUT2D eigenvalue weighted by molar-refractivity contribution is -0.141. The summed E-state index contributed by atoms with van der Waals surface area (Å²) in [5, 5.41) is 0. The number of hydrogen-bond acceptors (Lipinski definition) is 2. The molecule has 3 heteroatoms. The molecule has 0 fully saturated rings. The standard InChI is InChI=1S/C14H30N2O/c1-6-8-14(11-15,9-7-2)13(17)16(5)10-12(3)4/h12H,6-11,15H2,1-5H3.